The number of rotatable bonds is 8. The molecule has 0 aromatic carbocycles. The molecule has 7 heteroatoms. The number of nitrogens with one attached hydrogen (secondary N) is 2. The summed E-state index contributed by atoms with van der Waals surface area (Å²) in [6.45, 7) is 3.21. The Morgan fingerprint density at radius 2 is 2.15 bits per heavy atom. The summed E-state index contributed by atoms with van der Waals surface area (Å²) >= 11 is 0. The minimum absolute atomic E-state index is 0.115. The summed E-state index contributed by atoms with van der Waals surface area (Å²) in [5.74, 6) is -0.958. The number of aliphatic carboxylic acids is 1. The van der Waals surface area contributed by atoms with Crippen molar-refractivity contribution in [2.75, 3.05) is 33.5 Å². The SMILES string of the molecule is COCCCCCNC(=O)NC1COCC1(C)C(=O)O. The highest BCUT2D eigenvalue weighted by molar-refractivity contribution is 5.79. The first-order valence-electron chi connectivity index (χ1n) is 6.85. The number of unbranched alkanes of at least 4 members (excludes halogenated alkanes) is 2. The fourth-order valence-corrected chi connectivity index (χ4v) is 2.04. The molecule has 7 nitrogen and oxygen atoms in total. The van der Waals surface area contributed by atoms with Gasteiger partial charge in [-0.2, -0.15) is 0 Å². The summed E-state index contributed by atoms with van der Waals surface area (Å²) in [5.41, 5.74) is -1.06. The molecule has 0 bridgehead atoms. The Morgan fingerprint density at radius 3 is 2.80 bits per heavy atom. The van der Waals surface area contributed by atoms with Crippen molar-refractivity contribution in [2.45, 2.75) is 32.2 Å². The first kappa shape index (κ1) is 16.7. The van der Waals surface area contributed by atoms with Gasteiger partial charge in [-0.25, -0.2) is 4.79 Å². The second-order valence-electron chi connectivity index (χ2n) is 5.24. The van der Waals surface area contributed by atoms with E-state index in [1.165, 1.54) is 0 Å². The average molecular weight is 288 g/mol. The molecule has 116 valence electrons. The maximum atomic E-state index is 11.7. The van der Waals surface area contributed by atoms with E-state index in [9.17, 15) is 14.7 Å². The van der Waals surface area contributed by atoms with Gasteiger partial charge in [0.25, 0.3) is 0 Å². The maximum Gasteiger partial charge on any atom is 0.315 e. The van der Waals surface area contributed by atoms with E-state index < -0.39 is 17.4 Å². The number of carbonyl (C=O) groups excluding carboxylic acids is 1. The van der Waals surface area contributed by atoms with Crippen molar-refractivity contribution >= 4 is 12.0 Å². The molecule has 0 aromatic heterocycles. The Labute approximate surface area is 119 Å². The Balaban J connectivity index is 2.23. The number of urea groups is 1. The molecule has 0 aromatic rings. The van der Waals surface area contributed by atoms with Crippen LogP contribution >= 0.6 is 0 Å². The summed E-state index contributed by atoms with van der Waals surface area (Å²) in [7, 11) is 1.66. The molecule has 3 N–H and O–H groups in total. The molecule has 1 saturated heterocycles. The summed E-state index contributed by atoms with van der Waals surface area (Å²) in [5, 5.41) is 14.6. The third kappa shape index (κ3) is 4.64. The molecule has 1 rings (SSSR count). The lowest BCUT2D eigenvalue weighted by atomic mass is 9.85. The molecule has 1 fully saturated rings. The largest absolute Gasteiger partial charge is 0.481 e. The standard InChI is InChI=1S/C13H24N2O5/c1-13(11(16)17)9-20-8-10(13)15-12(18)14-6-4-3-5-7-19-2/h10H,3-9H2,1-2H3,(H,16,17)(H2,14,15,18). The lowest BCUT2D eigenvalue weighted by Gasteiger charge is -2.25. The zero-order chi connectivity index (χ0) is 15.0. The fourth-order valence-electron chi connectivity index (χ4n) is 2.04. The maximum absolute atomic E-state index is 11.7. The van der Waals surface area contributed by atoms with E-state index in [-0.39, 0.29) is 19.2 Å². The highest BCUT2D eigenvalue weighted by atomic mass is 16.5. The van der Waals surface area contributed by atoms with Crippen molar-refractivity contribution in [3.8, 4) is 0 Å². The van der Waals surface area contributed by atoms with Crippen molar-refractivity contribution in [3.63, 3.8) is 0 Å². The minimum Gasteiger partial charge on any atom is -0.481 e. The summed E-state index contributed by atoms with van der Waals surface area (Å²) < 4.78 is 10.1. The Morgan fingerprint density at radius 1 is 1.40 bits per heavy atom. The van der Waals surface area contributed by atoms with Crippen LogP contribution in [-0.2, 0) is 14.3 Å². The number of carbonyl (C=O) groups is 2. The van der Waals surface area contributed by atoms with Crippen LogP contribution in [0.1, 0.15) is 26.2 Å². The number of ether oxygens (including phenoxy) is 2. The predicted octanol–water partition coefficient (Wildman–Crippen LogP) is 0.592. The summed E-state index contributed by atoms with van der Waals surface area (Å²) in [4.78, 5) is 22.9. The van der Waals surface area contributed by atoms with Crippen LogP contribution in [-0.4, -0.2) is 56.6 Å². The third-order valence-corrected chi connectivity index (χ3v) is 3.56. The van der Waals surface area contributed by atoms with Gasteiger partial charge in [-0.3, -0.25) is 4.79 Å². The van der Waals surface area contributed by atoms with Crippen molar-refractivity contribution < 1.29 is 24.2 Å². The Kier molecular flexibility index (Phi) is 6.74. The van der Waals surface area contributed by atoms with Crippen LogP contribution in [0.5, 0.6) is 0 Å². The van der Waals surface area contributed by atoms with Gasteiger partial charge in [-0.05, 0) is 26.2 Å². The normalized spacial score (nSPS) is 25.4. The van der Waals surface area contributed by atoms with Crippen LogP contribution in [0.15, 0.2) is 0 Å². The smallest absolute Gasteiger partial charge is 0.315 e. The lowest BCUT2D eigenvalue weighted by molar-refractivity contribution is -0.148. The van der Waals surface area contributed by atoms with Crippen LogP contribution in [0, 0.1) is 5.41 Å². The van der Waals surface area contributed by atoms with Gasteiger partial charge < -0.3 is 25.2 Å². The first-order valence-corrected chi connectivity index (χ1v) is 6.85. The van der Waals surface area contributed by atoms with E-state index in [4.69, 9.17) is 9.47 Å². The average Bonchev–Trinajstić information content (AvgIpc) is 2.76. The second-order valence-corrected chi connectivity index (χ2v) is 5.24. The van der Waals surface area contributed by atoms with Gasteiger partial charge in [-0.1, -0.05) is 0 Å². The lowest BCUT2D eigenvalue weighted by Crippen LogP contribution is -2.52. The molecule has 1 aliphatic rings. The predicted molar refractivity (Wildman–Crippen MR) is 72.6 cm³/mol. The number of carboxylic acid groups (broad SMARTS) is 1. The molecule has 0 aliphatic carbocycles. The van der Waals surface area contributed by atoms with Crippen molar-refractivity contribution in [1.82, 2.24) is 10.6 Å². The van der Waals surface area contributed by atoms with E-state index in [0.29, 0.717) is 6.54 Å². The molecule has 2 atom stereocenters. The van der Waals surface area contributed by atoms with Crippen LogP contribution in [0.4, 0.5) is 4.79 Å². The Bertz CT molecular complexity index is 337. The van der Waals surface area contributed by atoms with Crippen LogP contribution in [0.2, 0.25) is 0 Å². The van der Waals surface area contributed by atoms with E-state index >= 15 is 0 Å². The Hall–Kier alpha value is -1.34. The summed E-state index contributed by atoms with van der Waals surface area (Å²) in [6.07, 6.45) is 2.81. The van der Waals surface area contributed by atoms with Crippen LogP contribution in [0.3, 0.4) is 0 Å². The number of methoxy groups -OCH3 is 1. The van der Waals surface area contributed by atoms with Gasteiger partial charge in [0, 0.05) is 20.3 Å². The zero-order valence-electron chi connectivity index (χ0n) is 12.1. The number of hydrogen-bond acceptors (Lipinski definition) is 4. The molecule has 0 saturated carbocycles. The van der Waals surface area contributed by atoms with E-state index in [2.05, 4.69) is 10.6 Å². The van der Waals surface area contributed by atoms with Gasteiger partial charge in [0.05, 0.1) is 19.3 Å². The molecule has 20 heavy (non-hydrogen) atoms. The minimum atomic E-state index is -1.06. The van der Waals surface area contributed by atoms with Crippen molar-refractivity contribution in [2.24, 2.45) is 5.41 Å². The van der Waals surface area contributed by atoms with E-state index in [1.54, 1.807) is 14.0 Å². The van der Waals surface area contributed by atoms with Crippen molar-refractivity contribution in [1.29, 1.82) is 0 Å². The van der Waals surface area contributed by atoms with E-state index in [1.807, 2.05) is 0 Å². The molecule has 1 aliphatic heterocycles. The van der Waals surface area contributed by atoms with Gasteiger partial charge in [-0.15, -0.1) is 0 Å². The van der Waals surface area contributed by atoms with E-state index in [0.717, 1.165) is 25.9 Å². The van der Waals surface area contributed by atoms with Crippen molar-refractivity contribution in [3.05, 3.63) is 0 Å². The third-order valence-electron chi connectivity index (χ3n) is 3.56. The highest BCUT2D eigenvalue weighted by Gasteiger charge is 2.47. The molecular formula is C13H24N2O5. The van der Waals surface area contributed by atoms with Crippen LogP contribution < -0.4 is 10.6 Å². The second kappa shape index (κ2) is 8.06. The molecule has 2 unspecified atom stereocenters. The van der Waals surface area contributed by atoms with Gasteiger partial charge >= 0.3 is 12.0 Å². The fraction of sp³-hybridized carbons (Fsp3) is 0.846. The summed E-state index contributed by atoms with van der Waals surface area (Å²) in [6, 6.07) is -0.854. The number of carboxylic acids is 1. The first-order chi connectivity index (χ1) is 9.50. The molecule has 0 spiro atoms. The monoisotopic (exact) mass is 288 g/mol. The molecule has 2 amide bonds. The van der Waals surface area contributed by atoms with Crippen LogP contribution in [0.25, 0.3) is 0 Å². The number of amides is 2. The quantitative estimate of drug-likeness (QED) is 0.568. The number of hydrogen-bond donors (Lipinski definition) is 3. The highest BCUT2D eigenvalue weighted by Crippen LogP contribution is 2.28. The molecule has 1 heterocycles. The van der Waals surface area contributed by atoms with Gasteiger partial charge in [0.15, 0.2) is 0 Å². The van der Waals surface area contributed by atoms with Gasteiger partial charge in [0.2, 0.25) is 0 Å². The van der Waals surface area contributed by atoms with Gasteiger partial charge in [0.1, 0.15) is 5.41 Å². The molecule has 0 radical (unpaired) electrons. The topological polar surface area (TPSA) is 96.9 Å². The zero-order valence-corrected chi connectivity index (χ0v) is 12.1. The molecular weight excluding hydrogens is 264 g/mol.